The molecule has 4 nitrogen and oxygen atoms in total. The number of aryl methyl sites for hydroxylation is 1. The van der Waals surface area contributed by atoms with E-state index in [1.54, 1.807) is 44.5 Å². The molecule has 0 aliphatic heterocycles. The molecule has 0 spiro atoms. The highest BCUT2D eigenvalue weighted by Crippen LogP contribution is 2.31. The summed E-state index contributed by atoms with van der Waals surface area (Å²) in [5, 5.41) is 0.617. The zero-order chi connectivity index (χ0) is 17.5. The number of aromatic nitrogens is 1. The minimum atomic E-state index is -0.604. The number of ketones is 1. The third kappa shape index (κ3) is 3.63. The highest BCUT2D eigenvalue weighted by molar-refractivity contribution is 9.10. The topological polar surface area (TPSA) is 48.3 Å². The van der Waals surface area contributed by atoms with E-state index >= 15 is 0 Å². The van der Waals surface area contributed by atoms with Gasteiger partial charge in [0.25, 0.3) is 0 Å². The van der Waals surface area contributed by atoms with Crippen molar-refractivity contribution in [3.05, 3.63) is 33.7 Å². The Hall–Kier alpha value is -1.69. The Labute approximate surface area is 142 Å². The van der Waals surface area contributed by atoms with E-state index in [1.807, 2.05) is 0 Å². The van der Waals surface area contributed by atoms with Crippen LogP contribution in [0.2, 0.25) is 0 Å². The molecule has 0 radical (unpaired) electrons. The van der Waals surface area contributed by atoms with Gasteiger partial charge in [0.2, 0.25) is 0 Å². The second kappa shape index (κ2) is 6.07. The van der Waals surface area contributed by atoms with Gasteiger partial charge in [-0.25, -0.2) is 4.39 Å². The van der Waals surface area contributed by atoms with Gasteiger partial charge in [-0.2, -0.15) is 0 Å². The van der Waals surface area contributed by atoms with E-state index in [0.29, 0.717) is 26.5 Å². The molecule has 124 valence electrons. The monoisotopic (exact) mass is 383 g/mol. The first-order chi connectivity index (χ1) is 10.5. The van der Waals surface area contributed by atoms with Crippen molar-refractivity contribution in [1.29, 1.82) is 0 Å². The number of nitrogens with zero attached hydrogens (tertiary/aromatic N) is 1. The molecule has 0 atom stereocenters. The summed E-state index contributed by atoms with van der Waals surface area (Å²) < 4.78 is 21.4. The maximum Gasteiger partial charge on any atom is 0.326 e. The van der Waals surface area contributed by atoms with Gasteiger partial charge in [-0.05, 0) is 56.6 Å². The van der Waals surface area contributed by atoms with Crippen molar-refractivity contribution < 1.29 is 18.7 Å². The van der Waals surface area contributed by atoms with E-state index in [4.69, 9.17) is 4.74 Å². The Morgan fingerprint density at radius 3 is 2.48 bits per heavy atom. The molecule has 0 N–H and O–H groups in total. The Balaban J connectivity index is 2.58. The van der Waals surface area contributed by atoms with Crippen LogP contribution in [0.15, 0.2) is 16.7 Å². The fraction of sp³-hybridized carbons (Fsp3) is 0.412. The molecule has 1 heterocycles. The van der Waals surface area contributed by atoms with E-state index in [1.165, 1.54) is 6.92 Å². The van der Waals surface area contributed by atoms with Crippen molar-refractivity contribution in [2.24, 2.45) is 0 Å². The average molecular weight is 384 g/mol. The van der Waals surface area contributed by atoms with Crippen LogP contribution >= 0.6 is 15.9 Å². The van der Waals surface area contributed by atoms with E-state index < -0.39 is 17.4 Å². The van der Waals surface area contributed by atoms with E-state index in [2.05, 4.69) is 15.9 Å². The number of hydrogen-bond donors (Lipinski definition) is 0. The standard InChI is InChI=1S/C17H19BrFNO3/c1-9-15(19)13(18)6-11-12(10(2)21)7-20(16(9)11)8-14(22)23-17(3,4)5/h6-7H,8H2,1-5H3. The molecule has 0 aliphatic rings. The van der Waals surface area contributed by atoms with Crippen molar-refractivity contribution in [3.8, 4) is 0 Å². The van der Waals surface area contributed by atoms with Crippen LogP contribution in [0.4, 0.5) is 4.39 Å². The van der Waals surface area contributed by atoms with Gasteiger partial charge >= 0.3 is 5.97 Å². The van der Waals surface area contributed by atoms with Crippen LogP contribution in [0.3, 0.4) is 0 Å². The molecule has 0 fully saturated rings. The molecule has 2 aromatic rings. The fourth-order valence-corrected chi connectivity index (χ4v) is 3.05. The number of ether oxygens (including phenoxy) is 1. The number of Topliss-reactive ketones (excluding diaryl/α,β-unsaturated/α-hetero) is 1. The molecule has 0 bridgehead atoms. The number of carbonyl (C=O) groups excluding carboxylic acids is 2. The molecule has 1 aromatic heterocycles. The van der Waals surface area contributed by atoms with Gasteiger partial charge in [0.05, 0.1) is 9.99 Å². The smallest absolute Gasteiger partial charge is 0.326 e. The van der Waals surface area contributed by atoms with Crippen molar-refractivity contribution >= 4 is 38.6 Å². The second-order valence-electron chi connectivity index (χ2n) is 6.51. The quantitative estimate of drug-likeness (QED) is 0.582. The first kappa shape index (κ1) is 17.7. The summed E-state index contributed by atoms with van der Waals surface area (Å²) in [5.74, 6) is -0.987. The SMILES string of the molecule is CC(=O)c1cn(CC(=O)OC(C)(C)C)c2c(C)c(F)c(Br)cc12. The zero-order valence-electron chi connectivity index (χ0n) is 13.8. The van der Waals surface area contributed by atoms with Gasteiger partial charge in [-0.3, -0.25) is 9.59 Å². The minimum absolute atomic E-state index is 0.0804. The molecule has 6 heteroatoms. The van der Waals surface area contributed by atoms with E-state index in [-0.39, 0.29) is 12.3 Å². The normalized spacial score (nSPS) is 11.8. The fourth-order valence-electron chi connectivity index (χ4n) is 2.53. The van der Waals surface area contributed by atoms with Crippen LogP contribution in [-0.2, 0) is 16.1 Å². The molecule has 23 heavy (non-hydrogen) atoms. The Morgan fingerprint density at radius 1 is 1.35 bits per heavy atom. The van der Waals surface area contributed by atoms with Gasteiger partial charge in [0.1, 0.15) is 18.0 Å². The van der Waals surface area contributed by atoms with Crippen LogP contribution in [0.25, 0.3) is 10.9 Å². The number of hydrogen-bond acceptors (Lipinski definition) is 3. The molecule has 0 amide bonds. The van der Waals surface area contributed by atoms with Gasteiger partial charge in [0.15, 0.2) is 5.78 Å². The third-order valence-electron chi connectivity index (χ3n) is 3.38. The highest BCUT2D eigenvalue weighted by Gasteiger charge is 2.21. The summed E-state index contributed by atoms with van der Waals surface area (Å²) in [6, 6.07) is 1.57. The Bertz CT molecular complexity index is 802. The number of benzene rings is 1. The number of halogens is 2. The highest BCUT2D eigenvalue weighted by atomic mass is 79.9. The van der Waals surface area contributed by atoms with Crippen LogP contribution in [0, 0.1) is 12.7 Å². The molecule has 0 aliphatic carbocycles. The Morgan fingerprint density at radius 2 is 1.96 bits per heavy atom. The van der Waals surface area contributed by atoms with E-state index in [0.717, 1.165) is 0 Å². The lowest BCUT2D eigenvalue weighted by molar-refractivity contribution is -0.155. The van der Waals surface area contributed by atoms with Crippen LogP contribution < -0.4 is 0 Å². The molecule has 0 unspecified atom stereocenters. The summed E-state index contributed by atoms with van der Waals surface area (Å²) >= 11 is 3.16. The predicted octanol–water partition coefficient (Wildman–Crippen LogP) is 4.40. The van der Waals surface area contributed by atoms with Crippen LogP contribution in [0.1, 0.15) is 43.6 Å². The van der Waals surface area contributed by atoms with Gasteiger partial charge in [0, 0.05) is 22.7 Å². The number of rotatable bonds is 3. The van der Waals surface area contributed by atoms with Crippen LogP contribution in [0.5, 0.6) is 0 Å². The molecule has 0 saturated carbocycles. The molecule has 0 saturated heterocycles. The van der Waals surface area contributed by atoms with E-state index in [9.17, 15) is 14.0 Å². The molecular formula is C17H19BrFNO3. The maximum absolute atomic E-state index is 14.2. The average Bonchev–Trinajstić information content (AvgIpc) is 2.72. The molecule has 2 rings (SSSR count). The number of carbonyl (C=O) groups is 2. The summed E-state index contributed by atoms with van der Waals surface area (Å²) in [4.78, 5) is 23.9. The van der Waals surface area contributed by atoms with Gasteiger partial charge < -0.3 is 9.30 Å². The first-order valence-corrected chi connectivity index (χ1v) is 8.01. The predicted molar refractivity (Wildman–Crippen MR) is 90.2 cm³/mol. The summed E-state index contributed by atoms with van der Waals surface area (Å²) in [6.07, 6.45) is 1.58. The maximum atomic E-state index is 14.2. The lowest BCUT2D eigenvalue weighted by Gasteiger charge is -2.20. The number of esters is 1. The summed E-state index contributed by atoms with van der Waals surface area (Å²) in [6.45, 7) is 8.32. The van der Waals surface area contributed by atoms with Crippen molar-refractivity contribution in [2.75, 3.05) is 0 Å². The van der Waals surface area contributed by atoms with Crippen LogP contribution in [-0.4, -0.2) is 21.9 Å². The lowest BCUT2D eigenvalue weighted by atomic mass is 10.1. The van der Waals surface area contributed by atoms with Crippen molar-refractivity contribution in [1.82, 2.24) is 4.57 Å². The zero-order valence-corrected chi connectivity index (χ0v) is 15.4. The number of fused-ring (bicyclic) bond motifs is 1. The summed E-state index contributed by atoms with van der Waals surface area (Å²) in [7, 11) is 0. The largest absolute Gasteiger partial charge is 0.459 e. The Kier molecular flexibility index (Phi) is 4.66. The lowest BCUT2D eigenvalue weighted by Crippen LogP contribution is -2.26. The third-order valence-corrected chi connectivity index (χ3v) is 3.96. The first-order valence-electron chi connectivity index (χ1n) is 7.21. The van der Waals surface area contributed by atoms with Crippen molar-refractivity contribution in [2.45, 2.75) is 46.8 Å². The molecule has 1 aromatic carbocycles. The van der Waals surface area contributed by atoms with Gasteiger partial charge in [-0.1, -0.05) is 0 Å². The second-order valence-corrected chi connectivity index (χ2v) is 7.36. The summed E-state index contributed by atoms with van der Waals surface area (Å²) in [5.41, 5.74) is 0.756. The van der Waals surface area contributed by atoms with Gasteiger partial charge in [-0.15, -0.1) is 0 Å². The molecular weight excluding hydrogens is 365 g/mol. The minimum Gasteiger partial charge on any atom is -0.459 e. The van der Waals surface area contributed by atoms with Crippen molar-refractivity contribution in [3.63, 3.8) is 0 Å².